The minimum Gasteiger partial charge on any atom is -0.388 e. The van der Waals surface area contributed by atoms with Crippen molar-refractivity contribution in [2.75, 3.05) is 13.2 Å². The molecule has 2 aliphatic rings. The number of aliphatic hydroxyl groups is 1. The van der Waals surface area contributed by atoms with Gasteiger partial charge in [0.05, 0.1) is 19.3 Å². The van der Waals surface area contributed by atoms with Gasteiger partial charge < -0.3 is 14.6 Å². The molecule has 1 N–H and O–H groups in total. The van der Waals surface area contributed by atoms with Gasteiger partial charge >= 0.3 is 0 Å². The summed E-state index contributed by atoms with van der Waals surface area (Å²) < 4.78 is 10.8. The van der Waals surface area contributed by atoms with Crippen LogP contribution in [0.2, 0.25) is 0 Å². The molecule has 0 amide bonds. The molecule has 3 unspecified atom stereocenters. The number of terminal acetylenes is 1. The molecule has 4 atom stereocenters. The van der Waals surface area contributed by atoms with Crippen molar-refractivity contribution in [3.8, 4) is 12.3 Å². The van der Waals surface area contributed by atoms with Gasteiger partial charge in [0, 0.05) is 12.3 Å². The van der Waals surface area contributed by atoms with Crippen LogP contribution < -0.4 is 0 Å². The van der Waals surface area contributed by atoms with Crippen LogP contribution in [0.25, 0.3) is 0 Å². The molecule has 2 rings (SSSR count). The Morgan fingerprint density at radius 2 is 2.08 bits per heavy atom. The Labute approximate surface area is 71.7 Å². The van der Waals surface area contributed by atoms with Crippen molar-refractivity contribution in [2.45, 2.75) is 24.7 Å². The van der Waals surface area contributed by atoms with Gasteiger partial charge in [0.15, 0.2) is 0 Å². The van der Waals surface area contributed by atoms with Crippen molar-refractivity contribution >= 4 is 0 Å². The van der Waals surface area contributed by atoms with Crippen molar-refractivity contribution in [3.63, 3.8) is 0 Å². The summed E-state index contributed by atoms with van der Waals surface area (Å²) in [4.78, 5) is 0. The summed E-state index contributed by atoms with van der Waals surface area (Å²) in [6, 6.07) is 0. The Balaban J connectivity index is 2.02. The molecule has 0 aromatic carbocycles. The average molecular weight is 168 g/mol. The molecule has 2 aliphatic heterocycles. The van der Waals surface area contributed by atoms with Crippen LogP contribution in [0.15, 0.2) is 0 Å². The highest BCUT2D eigenvalue weighted by Gasteiger charge is 2.46. The van der Waals surface area contributed by atoms with Crippen LogP contribution in [0, 0.1) is 18.3 Å². The predicted molar refractivity (Wildman–Crippen MR) is 42.4 cm³/mol. The monoisotopic (exact) mass is 168 g/mol. The maximum absolute atomic E-state index is 9.38. The molecule has 0 aromatic rings. The topological polar surface area (TPSA) is 38.7 Å². The van der Waals surface area contributed by atoms with Gasteiger partial charge in [-0.05, 0) is 0 Å². The molecule has 0 spiro atoms. The van der Waals surface area contributed by atoms with Gasteiger partial charge in [0.1, 0.15) is 12.2 Å². The van der Waals surface area contributed by atoms with Crippen LogP contribution >= 0.6 is 0 Å². The quantitative estimate of drug-likeness (QED) is 0.550. The maximum Gasteiger partial charge on any atom is 0.112 e. The molecule has 66 valence electrons. The van der Waals surface area contributed by atoms with Crippen LogP contribution in [0.5, 0.6) is 0 Å². The van der Waals surface area contributed by atoms with Gasteiger partial charge in [-0.2, -0.15) is 0 Å². The fourth-order valence-electron chi connectivity index (χ4n) is 1.88. The number of ether oxygens (including phenoxy) is 2. The first kappa shape index (κ1) is 8.06. The zero-order valence-electron chi connectivity index (χ0n) is 6.77. The van der Waals surface area contributed by atoms with Gasteiger partial charge in [0.2, 0.25) is 0 Å². The second kappa shape index (κ2) is 3.06. The zero-order valence-corrected chi connectivity index (χ0v) is 6.77. The largest absolute Gasteiger partial charge is 0.388 e. The molecule has 0 radical (unpaired) electrons. The predicted octanol–water partition coefficient (Wildman–Crippen LogP) is -0.216. The molecule has 2 saturated heterocycles. The molecule has 2 fully saturated rings. The summed E-state index contributed by atoms with van der Waals surface area (Å²) in [5, 5.41) is 9.38. The summed E-state index contributed by atoms with van der Waals surface area (Å²) in [7, 11) is 0. The number of rotatable bonds is 1. The highest BCUT2D eigenvalue weighted by molar-refractivity contribution is 4.99. The lowest BCUT2D eigenvalue weighted by Crippen LogP contribution is -2.28. The van der Waals surface area contributed by atoms with Crippen molar-refractivity contribution in [1.29, 1.82) is 0 Å². The van der Waals surface area contributed by atoms with Crippen molar-refractivity contribution < 1.29 is 14.6 Å². The molecule has 3 nitrogen and oxygen atoms in total. The van der Waals surface area contributed by atoms with Gasteiger partial charge in [-0.3, -0.25) is 0 Å². The standard InChI is InChI=1S/C9H12O3/c1-2-3-6-4-11-9-7(10)5-12-8(6)9/h1,6-10H,3-5H2/t6?,7-,8?,9?/m1/s1. The van der Waals surface area contributed by atoms with E-state index in [0.717, 1.165) is 0 Å². The van der Waals surface area contributed by atoms with Crippen molar-refractivity contribution in [2.24, 2.45) is 5.92 Å². The summed E-state index contributed by atoms with van der Waals surface area (Å²) in [5.41, 5.74) is 0. The van der Waals surface area contributed by atoms with E-state index in [0.29, 0.717) is 19.6 Å². The first-order chi connectivity index (χ1) is 5.83. The average Bonchev–Trinajstić information content (AvgIpc) is 2.58. The first-order valence-electron chi connectivity index (χ1n) is 4.17. The van der Waals surface area contributed by atoms with E-state index in [-0.39, 0.29) is 18.1 Å². The Bertz CT molecular complexity index is 208. The van der Waals surface area contributed by atoms with E-state index in [1.54, 1.807) is 0 Å². The Kier molecular flexibility index (Phi) is 2.05. The summed E-state index contributed by atoms with van der Waals surface area (Å²) in [6.45, 7) is 1.01. The van der Waals surface area contributed by atoms with Crippen LogP contribution in [0.1, 0.15) is 6.42 Å². The van der Waals surface area contributed by atoms with Crippen LogP contribution in [-0.2, 0) is 9.47 Å². The third-order valence-electron chi connectivity index (χ3n) is 2.51. The number of fused-ring (bicyclic) bond motifs is 1. The molecular weight excluding hydrogens is 156 g/mol. The molecule has 12 heavy (non-hydrogen) atoms. The lowest BCUT2D eigenvalue weighted by Gasteiger charge is -2.12. The third-order valence-corrected chi connectivity index (χ3v) is 2.51. The Morgan fingerprint density at radius 3 is 2.83 bits per heavy atom. The van der Waals surface area contributed by atoms with Crippen molar-refractivity contribution in [1.82, 2.24) is 0 Å². The highest BCUT2D eigenvalue weighted by atomic mass is 16.6. The van der Waals surface area contributed by atoms with Crippen molar-refractivity contribution in [3.05, 3.63) is 0 Å². The number of hydrogen-bond donors (Lipinski definition) is 1. The summed E-state index contributed by atoms with van der Waals surface area (Å²) in [5.74, 6) is 2.87. The Hall–Kier alpha value is -0.560. The van der Waals surface area contributed by atoms with E-state index < -0.39 is 6.10 Å². The van der Waals surface area contributed by atoms with E-state index >= 15 is 0 Å². The van der Waals surface area contributed by atoms with E-state index in [2.05, 4.69) is 5.92 Å². The second-order valence-electron chi connectivity index (χ2n) is 3.33. The molecule has 3 heteroatoms. The van der Waals surface area contributed by atoms with E-state index in [1.165, 1.54) is 0 Å². The van der Waals surface area contributed by atoms with E-state index in [9.17, 15) is 5.11 Å². The second-order valence-corrected chi connectivity index (χ2v) is 3.33. The smallest absolute Gasteiger partial charge is 0.112 e. The number of hydrogen-bond acceptors (Lipinski definition) is 3. The minimum absolute atomic E-state index is 0.0241. The van der Waals surface area contributed by atoms with E-state index in [4.69, 9.17) is 15.9 Å². The third kappa shape index (κ3) is 1.13. The molecule has 0 saturated carbocycles. The van der Waals surface area contributed by atoms with Gasteiger partial charge in [-0.25, -0.2) is 0 Å². The number of aliphatic hydroxyl groups excluding tert-OH is 1. The molecule has 0 aromatic heterocycles. The van der Waals surface area contributed by atoms with Crippen LogP contribution in [0.4, 0.5) is 0 Å². The van der Waals surface area contributed by atoms with Crippen LogP contribution in [-0.4, -0.2) is 36.6 Å². The Morgan fingerprint density at radius 1 is 1.33 bits per heavy atom. The summed E-state index contributed by atoms with van der Waals surface area (Å²) >= 11 is 0. The normalized spacial score (nSPS) is 45.7. The fourth-order valence-corrected chi connectivity index (χ4v) is 1.88. The van der Waals surface area contributed by atoms with Gasteiger partial charge in [0.25, 0.3) is 0 Å². The van der Waals surface area contributed by atoms with E-state index in [1.807, 2.05) is 0 Å². The van der Waals surface area contributed by atoms with Gasteiger partial charge in [-0.1, -0.05) is 0 Å². The van der Waals surface area contributed by atoms with Crippen LogP contribution in [0.3, 0.4) is 0 Å². The maximum atomic E-state index is 9.38. The first-order valence-corrected chi connectivity index (χ1v) is 4.17. The fraction of sp³-hybridized carbons (Fsp3) is 0.778. The summed E-state index contributed by atoms with van der Waals surface area (Å²) in [6.07, 6.45) is 5.30. The molecule has 0 bridgehead atoms. The highest BCUT2D eigenvalue weighted by Crippen LogP contribution is 2.32. The lowest BCUT2D eigenvalue weighted by atomic mass is 9.98. The molecule has 0 aliphatic carbocycles. The minimum atomic E-state index is -0.460. The molecular formula is C9H12O3. The van der Waals surface area contributed by atoms with Gasteiger partial charge in [-0.15, -0.1) is 12.3 Å². The lowest BCUT2D eigenvalue weighted by molar-refractivity contribution is 0.0170. The zero-order chi connectivity index (χ0) is 8.55. The SMILES string of the molecule is C#CCC1COC2C1OC[C@H]2O. The molecule has 2 heterocycles.